The van der Waals surface area contributed by atoms with Crippen LogP contribution in [0.15, 0.2) is 12.5 Å². The van der Waals surface area contributed by atoms with E-state index in [1.165, 1.54) is 0 Å². The molecular formula is C19H29N5O2. The molecule has 1 aromatic rings. The van der Waals surface area contributed by atoms with E-state index in [0.29, 0.717) is 6.42 Å². The van der Waals surface area contributed by atoms with Crippen LogP contribution in [0.2, 0.25) is 0 Å². The van der Waals surface area contributed by atoms with E-state index in [9.17, 15) is 9.59 Å². The average molecular weight is 359 g/mol. The first-order chi connectivity index (χ1) is 12.7. The van der Waals surface area contributed by atoms with Crippen LogP contribution in [0, 0.1) is 5.41 Å². The van der Waals surface area contributed by atoms with Gasteiger partial charge in [0, 0.05) is 69.4 Å². The average Bonchev–Trinajstić information content (AvgIpc) is 3.36. The highest BCUT2D eigenvalue weighted by atomic mass is 16.2. The largest absolute Gasteiger partial charge is 0.348 e. The van der Waals surface area contributed by atoms with Crippen molar-refractivity contribution in [1.29, 1.82) is 0 Å². The molecule has 3 fully saturated rings. The lowest BCUT2D eigenvalue weighted by molar-refractivity contribution is -0.138. The lowest BCUT2D eigenvalue weighted by Crippen LogP contribution is -2.57. The van der Waals surface area contributed by atoms with Crippen LogP contribution in [0.4, 0.5) is 4.79 Å². The van der Waals surface area contributed by atoms with E-state index >= 15 is 0 Å². The van der Waals surface area contributed by atoms with Gasteiger partial charge in [-0.25, -0.2) is 9.78 Å². The maximum Gasteiger partial charge on any atom is 0.320 e. The summed E-state index contributed by atoms with van der Waals surface area (Å²) in [5.74, 6) is 0.248. The number of nitrogens with zero attached hydrogens (tertiary/aromatic N) is 4. The van der Waals surface area contributed by atoms with Crippen molar-refractivity contribution >= 4 is 11.9 Å². The van der Waals surface area contributed by atoms with Crippen LogP contribution in [0.5, 0.6) is 0 Å². The summed E-state index contributed by atoms with van der Waals surface area (Å²) in [6, 6.07) is 0.211. The number of amides is 3. The molecule has 0 aromatic carbocycles. The van der Waals surface area contributed by atoms with Gasteiger partial charge in [0.05, 0.1) is 6.33 Å². The van der Waals surface area contributed by atoms with Gasteiger partial charge in [-0.2, -0.15) is 0 Å². The van der Waals surface area contributed by atoms with Crippen LogP contribution in [0.25, 0.3) is 0 Å². The Hall–Kier alpha value is -2.05. The number of rotatable bonds is 3. The molecule has 7 heteroatoms. The Morgan fingerprint density at radius 2 is 1.92 bits per heavy atom. The van der Waals surface area contributed by atoms with Crippen molar-refractivity contribution in [2.45, 2.75) is 44.9 Å². The Labute approximate surface area is 154 Å². The van der Waals surface area contributed by atoms with Gasteiger partial charge in [-0.3, -0.25) is 4.79 Å². The van der Waals surface area contributed by atoms with Crippen molar-refractivity contribution in [3.8, 4) is 0 Å². The number of nitrogens with one attached hydrogen (secondary N) is 1. The second-order valence-corrected chi connectivity index (χ2v) is 8.14. The first-order valence-corrected chi connectivity index (χ1v) is 9.94. The summed E-state index contributed by atoms with van der Waals surface area (Å²) in [5.41, 5.74) is 1.14. The summed E-state index contributed by atoms with van der Waals surface area (Å²) < 4.78 is 0. The van der Waals surface area contributed by atoms with Gasteiger partial charge in [0.25, 0.3) is 0 Å². The summed E-state index contributed by atoms with van der Waals surface area (Å²) in [6.45, 7) is 4.97. The Bertz CT molecular complexity index is 640. The third-order valence-corrected chi connectivity index (χ3v) is 6.26. The SMILES string of the molecule is O=C1CC[C@@]2(CCCN(C(=O)N3CCCC3)C2)CN1CCc1cnc[nH]1. The van der Waals surface area contributed by atoms with E-state index in [-0.39, 0.29) is 17.4 Å². The fraction of sp³-hybridized carbons (Fsp3) is 0.737. The van der Waals surface area contributed by atoms with Crippen molar-refractivity contribution in [3.05, 3.63) is 18.2 Å². The van der Waals surface area contributed by atoms with Crippen molar-refractivity contribution in [1.82, 2.24) is 24.7 Å². The monoisotopic (exact) mass is 359 g/mol. The molecule has 26 heavy (non-hydrogen) atoms. The molecule has 142 valence electrons. The fourth-order valence-electron chi connectivity index (χ4n) is 4.80. The van der Waals surface area contributed by atoms with Crippen LogP contribution in [-0.4, -0.2) is 75.9 Å². The lowest BCUT2D eigenvalue weighted by atomic mass is 9.73. The van der Waals surface area contributed by atoms with Gasteiger partial charge in [0.1, 0.15) is 0 Å². The zero-order valence-electron chi connectivity index (χ0n) is 15.5. The number of imidazole rings is 1. The molecule has 0 bridgehead atoms. The van der Waals surface area contributed by atoms with E-state index < -0.39 is 0 Å². The van der Waals surface area contributed by atoms with Gasteiger partial charge >= 0.3 is 6.03 Å². The molecular weight excluding hydrogens is 330 g/mol. The number of hydrogen-bond donors (Lipinski definition) is 1. The number of hydrogen-bond acceptors (Lipinski definition) is 3. The molecule has 3 saturated heterocycles. The van der Waals surface area contributed by atoms with Crippen LogP contribution in [0.3, 0.4) is 0 Å². The molecule has 4 rings (SSSR count). The van der Waals surface area contributed by atoms with Crippen LogP contribution < -0.4 is 0 Å². The van der Waals surface area contributed by atoms with Crippen molar-refractivity contribution < 1.29 is 9.59 Å². The van der Waals surface area contributed by atoms with Gasteiger partial charge in [-0.15, -0.1) is 0 Å². The highest BCUT2D eigenvalue weighted by Crippen LogP contribution is 2.39. The Morgan fingerprint density at radius 3 is 2.69 bits per heavy atom. The van der Waals surface area contributed by atoms with Crippen LogP contribution in [-0.2, 0) is 11.2 Å². The minimum atomic E-state index is 0.0789. The first kappa shape index (κ1) is 17.4. The van der Waals surface area contributed by atoms with Gasteiger partial charge in [0.2, 0.25) is 5.91 Å². The molecule has 0 unspecified atom stereocenters. The summed E-state index contributed by atoms with van der Waals surface area (Å²) in [5, 5.41) is 0. The van der Waals surface area contributed by atoms with Gasteiger partial charge < -0.3 is 19.7 Å². The summed E-state index contributed by atoms with van der Waals surface area (Å²) in [7, 11) is 0. The van der Waals surface area contributed by atoms with E-state index in [1.54, 1.807) is 6.33 Å². The maximum absolute atomic E-state index is 12.8. The second-order valence-electron chi connectivity index (χ2n) is 8.14. The summed E-state index contributed by atoms with van der Waals surface area (Å²) >= 11 is 0. The molecule has 1 atom stereocenters. The number of aromatic amines is 1. The number of H-pyrrole nitrogens is 1. The summed E-state index contributed by atoms with van der Waals surface area (Å²) in [6.07, 6.45) is 10.2. The third kappa shape index (κ3) is 3.57. The minimum Gasteiger partial charge on any atom is -0.348 e. The van der Waals surface area contributed by atoms with E-state index in [1.807, 2.05) is 16.0 Å². The number of carbonyl (C=O) groups is 2. The normalized spacial score (nSPS) is 26.8. The van der Waals surface area contributed by atoms with Gasteiger partial charge in [-0.05, 0) is 32.1 Å². The molecule has 0 aliphatic carbocycles. The van der Waals surface area contributed by atoms with Gasteiger partial charge in [-0.1, -0.05) is 0 Å². The number of likely N-dealkylation sites (tertiary alicyclic amines) is 3. The molecule has 3 aliphatic heterocycles. The first-order valence-electron chi connectivity index (χ1n) is 9.94. The molecule has 0 saturated carbocycles. The third-order valence-electron chi connectivity index (χ3n) is 6.26. The molecule has 1 aromatic heterocycles. The smallest absolute Gasteiger partial charge is 0.320 e. The second kappa shape index (κ2) is 7.29. The van der Waals surface area contributed by atoms with Crippen molar-refractivity contribution in [3.63, 3.8) is 0 Å². The number of carbonyl (C=O) groups excluding carboxylic acids is 2. The van der Waals surface area contributed by atoms with Crippen molar-refractivity contribution in [2.75, 3.05) is 39.3 Å². The van der Waals surface area contributed by atoms with E-state index in [0.717, 1.165) is 83.5 Å². The Balaban J connectivity index is 1.39. The van der Waals surface area contributed by atoms with Crippen LogP contribution >= 0.6 is 0 Å². The Kier molecular flexibility index (Phi) is 4.87. The molecule has 1 N–H and O–H groups in total. The Morgan fingerprint density at radius 1 is 1.12 bits per heavy atom. The molecule has 7 nitrogen and oxygen atoms in total. The van der Waals surface area contributed by atoms with Crippen LogP contribution in [0.1, 0.15) is 44.2 Å². The van der Waals surface area contributed by atoms with Gasteiger partial charge in [0.15, 0.2) is 0 Å². The number of piperidine rings is 2. The quantitative estimate of drug-likeness (QED) is 0.895. The number of aromatic nitrogens is 2. The summed E-state index contributed by atoms with van der Waals surface area (Å²) in [4.78, 5) is 38.4. The highest BCUT2D eigenvalue weighted by molar-refractivity contribution is 5.77. The standard InChI is InChI=1S/C19H29N5O2/c25-17-4-7-19(13-23(17)11-5-16-12-20-15-21-16)6-3-10-24(14-19)18(26)22-8-1-2-9-22/h12,15H,1-11,13-14H2,(H,20,21)/t19-/m0/s1. The van der Waals surface area contributed by atoms with E-state index in [2.05, 4.69) is 14.9 Å². The molecule has 4 heterocycles. The molecule has 3 amide bonds. The molecule has 3 aliphatic rings. The molecule has 1 spiro atoms. The zero-order valence-corrected chi connectivity index (χ0v) is 15.5. The zero-order chi connectivity index (χ0) is 18.0. The predicted octanol–water partition coefficient (Wildman–Crippen LogP) is 1.87. The highest BCUT2D eigenvalue weighted by Gasteiger charge is 2.43. The number of urea groups is 1. The minimum absolute atomic E-state index is 0.0789. The lowest BCUT2D eigenvalue weighted by Gasteiger charge is -2.48. The van der Waals surface area contributed by atoms with E-state index in [4.69, 9.17) is 0 Å². The van der Waals surface area contributed by atoms with Crippen molar-refractivity contribution in [2.24, 2.45) is 5.41 Å². The fourth-order valence-corrected chi connectivity index (χ4v) is 4.80. The topological polar surface area (TPSA) is 72.5 Å². The maximum atomic E-state index is 12.8. The predicted molar refractivity (Wildman–Crippen MR) is 97.5 cm³/mol. The molecule has 0 radical (unpaired) electrons.